The monoisotopic (exact) mass is 464 g/mol. The van der Waals surface area contributed by atoms with Gasteiger partial charge < -0.3 is 4.74 Å². The lowest BCUT2D eigenvalue weighted by Crippen LogP contribution is -2.35. The van der Waals surface area contributed by atoms with E-state index in [2.05, 4.69) is 0 Å². The van der Waals surface area contributed by atoms with Crippen LogP contribution >= 0.6 is 0 Å². The number of hydrogen-bond acceptors (Lipinski definition) is 5. The maximum atomic E-state index is 13.4. The minimum absolute atomic E-state index is 0.111. The second-order valence-electron chi connectivity index (χ2n) is 7.99. The number of hydrogen-bond donors (Lipinski definition) is 0. The summed E-state index contributed by atoms with van der Waals surface area (Å²) in [5, 5.41) is 0. The van der Waals surface area contributed by atoms with Crippen LogP contribution in [0.5, 0.6) is 5.75 Å². The van der Waals surface area contributed by atoms with E-state index in [9.17, 15) is 16.8 Å². The summed E-state index contributed by atoms with van der Waals surface area (Å²) in [5.41, 5.74) is 0.893. The predicted octanol–water partition coefficient (Wildman–Crippen LogP) is 3.40. The molecule has 0 N–H and O–H groups in total. The smallest absolute Gasteiger partial charge is 0.243 e. The molecule has 0 bridgehead atoms. The highest BCUT2D eigenvalue weighted by molar-refractivity contribution is 7.89. The molecule has 7 nitrogen and oxygen atoms in total. The fourth-order valence-electron chi connectivity index (χ4n) is 4.38. The van der Waals surface area contributed by atoms with Gasteiger partial charge in [0.25, 0.3) is 0 Å². The van der Waals surface area contributed by atoms with E-state index in [1.54, 1.807) is 7.11 Å². The summed E-state index contributed by atoms with van der Waals surface area (Å²) in [7, 11) is -5.77. The lowest BCUT2D eigenvalue weighted by Gasteiger charge is -2.26. The Labute approximate surface area is 184 Å². The van der Waals surface area contributed by atoms with E-state index in [-0.39, 0.29) is 15.8 Å². The molecule has 0 saturated carbocycles. The molecule has 1 atom stereocenters. The second-order valence-corrected chi connectivity index (χ2v) is 11.8. The number of benzene rings is 2. The molecule has 0 aliphatic carbocycles. The normalized spacial score (nSPS) is 21.3. The summed E-state index contributed by atoms with van der Waals surface area (Å²) in [6.07, 6.45) is 4.24. The maximum absolute atomic E-state index is 13.4. The van der Waals surface area contributed by atoms with Crippen molar-refractivity contribution in [1.29, 1.82) is 0 Å². The molecule has 2 aliphatic rings. The summed E-state index contributed by atoms with van der Waals surface area (Å²) in [4.78, 5) is 0.249. The van der Waals surface area contributed by atoms with E-state index in [1.807, 2.05) is 24.3 Å². The zero-order valence-electron chi connectivity index (χ0n) is 17.6. The van der Waals surface area contributed by atoms with E-state index in [4.69, 9.17) is 4.74 Å². The Hall–Kier alpha value is -1.94. The molecule has 2 aromatic rings. The Kier molecular flexibility index (Phi) is 6.39. The summed E-state index contributed by atoms with van der Waals surface area (Å²) >= 11 is 0. The maximum Gasteiger partial charge on any atom is 0.243 e. The van der Waals surface area contributed by atoms with E-state index in [1.165, 1.54) is 32.9 Å². The first-order chi connectivity index (χ1) is 14.8. The van der Waals surface area contributed by atoms with E-state index < -0.39 is 20.0 Å². The van der Waals surface area contributed by atoms with Crippen LogP contribution in [0.4, 0.5) is 0 Å². The Morgan fingerprint density at radius 1 is 0.806 bits per heavy atom. The zero-order valence-corrected chi connectivity index (χ0v) is 19.2. The largest absolute Gasteiger partial charge is 0.497 e. The first-order valence-electron chi connectivity index (χ1n) is 10.6. The Morgan fingerprint density at radius 3 is 2.10 bits per heavy atom. The molecule has 0 spiro atoms. The van der Waals surface area contributed by atoms with Crippen LogP contribution in [-0.2, 0) is 20.0 Å². The number of sulfonamides is 2. The zero-order chi connectivity index (χ0) is 22.1. The molecule has 2 aromatic carbocycles. The van der Waals surface area contributed by atoms with Crippen molar-refractivity contribution in [2.24, 2.45) is 0 Å². The van der Waals surface area contributed by atoms with Gasteiger partial charge >= 0.3 is 0 Å². The lowest BCUT2D eigenvalue weighted by atomic mass is 10.1. The molecule has 1 unspecified atom stereocenters. The molecule has 2 fully saturated rings. The molecule has 2 saturated heterocycles. The van der Waals surface area contributed by atoms with Gasteiger partial charge in [0.15, 0.2) is 0 Å². The second kappa shape index (κ2) is 8.90. The Morgan fingerprint density at radius 2 is 1.45 bits per heavy atom. The Bertz CT molecular complexity index is 1120. The van der Waals surface area contributed by atoms with E-state index in [0.717, 1.165) is 37.7 Å². The molecular formula is C22H28N2O5S2. The lowest BCUT2D eigenvalue weighted by molar-refractivity contribution is 0.346. The summed E-state index contributed by atoms with van der Waals surface area (Å²) < 4.78 is 60.7. The number of nitrogens with zero attached hydrogens (tertiary/aromatic N) is 2. The van der Waals surface area contributed by atoms with Gasteiger partial charge in [-0.3, -0.25) is 0 Å². The van der Waals surface area contributed by atoms with Gasteiger partial charge in [-0.15, -0.1) is 0 Å². The molecule has 2 heterocycles. The first-order valence-corrected chi connectivity index (χ1v) is 13.5. The molecule has 31 heavy (non-hydrogen) atoms. The minimum atomic E-state index is -3.76. The van der Waals surface area contributed by atoms with E-state index >= 15 is 0 Å². The number of methoxy groups -OCH3 is 1. The topological polar surface area (TPSA) is 84.0 Å². The van der Waals surface area contributed by atoms with Crippen molar-refractivity contribution in [3.63, 3.8) is 0 Å². The third-order valence-corrected chi connectivity index (χ3v) is 9.90. The van der Waals surface area contributed by atoms with Gasteiger partial charge in [0, 0.05) is 19.6 Å². The van der Waals surface area contributed by atoms with Gasteiger partial charge in [-0.1, -0.05) is 18.6 Å². The standard InChI is InChI=1S/C22H28N2O5S2/c1-29-19-8-5-7-18(17-19)22-9-6-16-24(22)31(27,28)21-12-10-20(11-13-21)30(25,26)23-14-3-2-4-15-23/h5,7-8,10-13,17,22H,2-4,6,9,14-16H2,1H3. The van der Waals surface area contributed by atoms with Crippen molar-refractivity contribution in [3.05, 3.63) is 54.1 Å². The van der Waals surface area contributed by atoms with Crippen LogP contribution in [0.2, 0.25) is 0 Å². The number of ether oxygens (including phenoxy) is 1. The van der Waals surface area contributed by atoms with Crippen LogP contribution in [0.25, 0.3) is 0 Å². The average molecular weight is 465 g/mol. The molecule has 168 valence electrons. The van der Waals surface area contributed by atoms with Crippen molar-refractivity contribution in [3.8, 4) is 5.75 Å². The SMILES string of the molecule is COc1cccc(C2CCCN2S(=O)(=O)c2ccc(S(=O)(=O)N3CCCCC3)cc2)c1. The van der Waals surface area contributed by atoms with Gasteiger partial charge in [0.2, 0.25) is 20.0 Å². The molecular weight excluding hydrogens is 436 g/mol. The number of rotatable bonds is 6. The summed E-state index contributed by atoms with van der Waals surface area (Å²) in [5.74, 6) is 0.689. The highest BCUT2D eigenvalue weighted by atomic mass is 32.2. The van der Waals surface area contributed by atoms with Crippen LogP contribution in [0.15, 0.2) is 58.3 Å². The van der Waals surface area contributed by atoms with E-state index in [0.29, 0.717) is 25.4 Å². The van der Waals surface area contributed by atoms with Gasteiger partial charge in [0.05, 0.1) is 22.9 Å². The van der Waals surface area contributed by atoms with Crippen LogP contribution in [0.1, 0.15) is 43.7 Å². The van der Waals surface area contributed by atoms with Gasteiger partial charge in [-0.05, 0) is 67.6 Å². The van der Waals surface area contributed by atoms with Crippen LogP contribution in [0.3, 0.4) is 0 Å². The number of piperidine rings is 1. The highest BCUT2D eigenvalue weighted by Gasteiger charge is 2.36. The van der Waals surface area contributed by atoms with Crippen molar-refractivity contribution in [2.75, 3.05) is 26.7 Å². The molecule has 0 radical (unpaired) electrons. The quantitative estimate of drug-likeness (QED) is 0.654. The molecule has 0 amide bonds. The molecule has 0 aromatic heterocycles. The van der Waals surface area contributed by atoms with Gasteiger partial charge in [-0.2, -0.15) is 8.61 Å². The molecule has 9 heteroatoms. The van der Waals surface area contributed by atoms with Crippen molar-refractivity contribution >= 4 is 20.0 Å². The average Bonchev–Trinajstić information content (AvgIpc) is 3.31. The summed E-state index contributed by atoms with van der Waals surface area (Å²) in [6, 6.07) is 12.8. The fourth-order valence-corrected chi connectivity index (χ4v) is 7.58. The third kappa shape index (κ3) is 4.37. The van der Waals surface area contributed by atoms with Crippen LogP contribution in [-0.4, -0.2) is 52.2 Å². The third-order valence-electron chi connectivity index (χ3n) is 6.07. The first kappa shape index (κ1) is 22.3. The molecule has 4 rings (SSSR count). The van der Waals surface area contributed by atoms with Gasteiger partial charge in [0.1, 0.15) is 5.75 Å². The van der Waals surface area contributed by atoms with Gasteiger partial charge in [-0.25, -0.2) is 16.8 Å². The highest BCUT2D eigenvalue weighted by Crippen LogP contribution is 2.37. The summed E-state index contributed by atoms with van der Waals surface area (Å²) in [6.45, 7) is 1.45. The van der Waals surface area contributed by atoms with Crippen LogP contribution < -0.4 is 4.74 Å². The molecule has 2 aliphatic heterocycles. The Balaban J connectivity index is 1.59. The van der Waals surface area contributed by atoms with Crippen LogP contribution in [0, 0.1) is 0 Å². The minimum Gasteiger partial charge on any atom is -0.497 e. The predicted molar refractivity (Wildman–Crippen MR) is 118 cm³/mol. The van der Waals surface area contributed by atoms with Crippen molar-refractivity contribution in [1.82, 2.24) is 8.61 Å². The van der Waals surface area contributed by atoms with Crippen molar-refractivity contribution in [2.45, 2.75) is 47.9 Å². The van der Waals surface area contributed by atoms with Crippen molar-refractivity contribution < 1.29 is 21.6 Å². The fraction of sp³-hybridized carbons (Fsp3) is 0.455.